The molecule has 0 spiro atoms. The van der Waals surface area contributed by atoms with E-state index in [1.54, 1.807) is 0 Å². The molecule has 25 heavy (non-hydrogen) atoms. The predicted molar refractivity (Wildman–Crippen MR) is 110 cm³/mol. The minimum absolute atomic E-state index is 0. The van der Waals surface area contributed by atoms with Gasteiger partial charge in [0, 0.05) is 6.54 Å². The molecular weight excluding hydrogens is 333 g/mol. The molecule has 1 aromatic carbocycles. The van der Waals surface area contributed by atoms with Gasteiger partial charge < -0.3 is 14.4 Å². The number of nitrogens with zero attached hydrogens (tertiary/aromatic N) is 1. The Morgan fingerprint density at radius 1 is 1.24 bits per heavy atom. The average Bonchev–Trinajstić information content (AvgIpc) is 2.94. The molecule has 0 bridgehead atoms. The molecule has 1 aliphatic heterocycles. The van der Waals surface area contributed by atoms with Crippen molar-refractivity contribution < 1.29 is 14.3 Å². The lowest BCUT2D eigenvalue weighted by molar-refractivity contribution is 0.00883. The van der Waals surface area contributed by atoms with Crippen LogP contribution in [0, 0.1) is 0 Å². The van der Waals surface area contributed by atoms with E-state index in [1.807, 2.05) is 25.7 Å². The quantitative estimate of drug-likeness (QED) is 0.748. The molecule has 1 saturated heterocycles. The fourth-order valence-electron chi connectivity index (χ4n) is 2.88. The first-order chi connectivity index (χ1) is 11.3. The highest BCUT2D eigenvalue weighted by atomic mass is 32.1. The van der Waals surface area contributed by atoms with E-state index in [4.69, 9.17) is 9.47 Å². The lowest BCUT2D eigenvalue weighted by atomic mass is 9.49. The smallest absolute Gasteiger partial charge is 0.410 e. The first-order valence-corrected chi connectivity index (χ1v) is 8.92. The molecule has 1 aromatic rings. The number of ether oxygens (including phenoxy) is 2. The van der Waals surface area contributed by atoms with Crippen LogP contribution in [-0.4, -0.2) is 42.5 Å². The largest absolute Gasteiger partial charge is 0.444 e. The highest BCUT2D eigenvalue weighted by Gasteiger charge is 2.32. The Balaban J connectivity index is 0.00000312. The van der Waals surface area contributed by atoms with Crippen molar-refractivity contribution in [2.75, 3.05) is 13.2 Å². The number of hydrogen-bond donors (Lipinski definition) is 0. The zero-order valence-electron chi connectivity index (χ0n) is 16.2. The van der Waals surface area contributed by atoms with Gasteiger partial charge in [-0.05, 0) is 39.2 Å². The van der Waals surface area contributed by atoms with Gasteiger partial charge in [-0.1, -0.05) is 43.4 Å². The van der Waals surface area contributed by atoms with E-state index in [9.17, 15) is 4.79 Å². The van der Waals surface area contributed by atoms with E-state index in [0.29, 0.717) is 19.9 Å². The van der Waals surface area contributed by atoms with Crippen molar-refractivity contribution in [2.45, 2.75) is 65.5 Å². The molecule has 4 nitrogen and oxygen atoms in total. The van der Waals surface area contributed by atoms with Crippen LogP contribution < -0.4 is 5.46 Å². The van der Waals surface area contributed by atoms with Gasteiger partial charge in [-0.15, -0.1) is 0 Å². The molecule has 1 aliphatic rings. The van der Waals surface area contributed by atoms with Gasteiger partial charge in [0.05, 0.1) is 19.3 Å². The number of carbonyl (C=O) groups excluding carboxylic acids is 1. The minimum atomic E-state index is -0.455. The fourth-order valence-corrected chi connectivity index (χ4v) is 2.88. The minimum Gasteiger partial charge on any atom is -0.444 e. The van der Waals surface area contributed by atoms with Crippen LogP contribution in [0.15, 0.2) is 24.3 Å². The molecule has 0 radical (unpaired) electrons. The molecule has 1 fully saturated rings. The van der Waals surface area contributed by atoms with Gasteiger partial charge in [0.25, 0.3) is 0 Å². The predicted octanol–water partition coefficient (Wildman–Crippen LogP) is 3.68. The monoisotopic (exact) mass is 365 g/mol. The average molecular weight is 365 g/mol. The summed E-state index contributed by atoms with van der Waals surface area (Å²) in [5, 5.41) is 0. The summed E-state index contributed by atoms with van der Waals surface area (Å²) in [6, 6.07) is 8.68. The van der Waals surface area contributed by atoms with Crippen LogP contribution in [-0.2, 0) is 16.1 Å². The van der Waals surface area contributed by atoms with E-state index < -0.39 is 5.60 Å². The molecular formula is C19H32BNO3S. The van der Waals surface area contributed by atoms with Gasteiger partial charge in [0.1, 0.15) is 5.60 Å². The van der Waals surface area contributed by atoms with E-state index in [0.717, 1.165) is 19.4 Å². The maximum Gasteiger partial charge on any atom is 0.410 e. The van der Waals surface area contributed by atoms with Crippen LogP contribution in [0.5, 0.6) is 0 Å². The Labute approximate surface area is 159 Å². The number of rotatable bonds is 5. The number of carbonyl (C=O) groups is 1. The highest BCUT2D eigenvalue weighted by Crippen LogP contribution is 2.21. The maximum absolute atomic E-state index is 12.3. The normalized spacial score (nSPS) is 17.2. The molecule has 0 aromatic heterocycles. The maximum atomic E-state index is 12.3. The molecule has 0 unspecified atom stereocenters. The van der Waals surface area contributed by atoms with Crippen LogP contribution in [0.25, 0.3) is 0 Å². The molecule has 0 aliphatic carbocycles. The molecule has 1 amide bonds. The van der Waals surface area contributed by atoms with E-state index in [2.05, 4.69) is 37.9 Å². The first-order valence-electron chi connectivity index (χ1n) is 8.92. The molecule has 140 valence electrons. The SMILES string of the molecule is CB(C)c1ccc(COC[C@@H]2CCCN2C(=O)OC(C)(C)C)cc1.S. The van der Waals surface area contributed by atoms with Crippen molar-refractivity contribution in [3.05, 3.63) is 29.8 Å². The standard InChI is InChI=1S/C19H30BNO3.H2S/c1-19(2,3)24-18(22)21-12-6-7-17(21)14-23-13-15-8-10-16(11-9-15)20(4)5;/h8-11,17H,6-7,12-14H2,1-5H3;1H2/t17-;/m0./s1. The van der Waals surface area contributed by atoms with Crippen molar-refractivity contribution >= 4 is 31.8 Å². The van der Waals surface area contributed by atoms with Crippen LogP contribution in [0.3, 0.4) is 0 Å². The summed E-state index contributed by atoms with van der Waals surface area (Å²) in [5.41, 5.74) is 2.05. The lowest BCUT2D eigenvalue weighted by Gasteiger charge is -2.28. The summed E-state index contributed by atoms with van der Waals surface area (Å²) in [5.74, 6) is 0. The van der Waals surface area contributed by atoms with Crippen molar-refractivity contribution in [3.8, 4) is 0 Å². The third kappa shape index (κ3) is 6.94. The molecule has 2 rings (SSSR count). The third-order valence-electron chi connectivity index (χ3n) is 4.23. The van der Waals surface area contributed by atoms with Crippen LogP contribution in [0.1, 0.15) is 39.2 Å². The Kier molecular flexibility index (Phi) is 8.35. The van der Waals surface area contributed by atoms with E-state index >= 15 is 0 Å². The zero-order valence-corrected chi connectivity index (χ0v) is 17.2. The summed E-state index contributed by atoms with van der Waals surface area (Å²) < 4.78 is 11.3. The highest BCUT2D eigenvalue weighted by molar-refractivity contribution is 7.59. The number of benzene rings is 1. The Morgan fingerprint density at radius 2 is 1.88 bits per heavy atom. The summed E-state index contributed by atoms with van der Waals surface area (Å²) in [7, 11) is 0. The second kappa shape index (κ2) is 9.53. The van der Waals surface area contributed by atoms with Gasteiger partial charge in [0.2, 0.25) is 0 Å². The molecule has 6 heteroatoms. The van der Waals surface area contributed by atoms with Crippen molar-refractivity contribution in [1.82, 2.24) is 4.90 Å². The van der Waals surface area contributed by atoms with Crippen molar-refractivity contribution in [3.63, 3.8) is 0 Å². The molecule has 0 N–H and O–H groups in total. The van der Waals surface area contributed by atoms with Crippen molar-refractivity contribution in [1.29, 1.82) is 0 Å². The first kappa shape index (κ1) is 21.9. The van der Waals surface area contributed by atoms with Crippen LogP contribution >= 0.6 is 13.5 Å². The Bertz CT molecular complexity index is 543. The molecule has 0 saturated carbocycles. The van der Waals surface area contributed by atoms with Gasteiger partial charge in [0.15, 0.2) is 6.71 Å². The Hall–Kier alpha value is -1.14. The summed E-state index contributed by atoms with van der Waals surface area (Å²) >= 11 is 0. The fraction of sp³-hybridized carbons (Fsp3) is 0.632. The van der Waals surface area contributed by atoms with Gasteiger partial charge >= 0.3 is 6.09 Å². The second-order valence-corrected chi connectivity index (χ2v) is 7.88. The van der Waals surface area contributed by atoms with Crippen molar-refractivity contribution in [2.24, 2.45) is 0 Å². The summed E-state index contributed by atoms with van der Waals surface area (Å²) in [6.45, 7) is 12.5. The van der Waals surface area contributed by atoms with Crippen LogP contribution in [0.2, 0.25) is 13.6 Å². The number of likely N-dealkylation sites (tertiary alicyclic amines) is 1. The molecule has 1 atom stereocenters. The van der Waals surface area contributed by atoms with Gasteiger partial charge in [-0.25, -0.2) is 4.79 Å². The summed E-state index contributed by atoms with van der Waals surface area (Å²) in [6.07, 6.45) is 1.76. The number of amides is 1. The summed E-state index contributed by atoms with van der Waals surface area (Å²) in [4.78, 5) is 14.1. The number of hydrogen-bond acceptors (Lipinski definition) is 3. The second-order valence-electron chi connectivity index (χ2n) is 7.88. The van der Waals surface area contributed by atoms with E-state index in [-0.39, 0.29) is 25.6 Å². The Morgan fingerprint density at radius 3 is 2.44 bits per heavy atom. The zero-order chi connectivity index (χ0) is 17.7. The van der Waals surface area contributed by atoms with E-state index in [1.165, 1.54) is 11.0 Å². The van der Waals surface area contributed by atoms with Gasteiger partial charge in [-0.2, -0.15) is 13.5 Å². The van der Waals surface area contributed by atoms with Gasteiger partial charge in [-0.3, -0.25) is 0 Å². The molecule has 1 heterocycles. The third-order valence-corrected chi connectivity index (χ3v) is 4.23. The lowest BCUT2D eigenvalue weighted by Crippen LogP contribution is -2.41. The topological polar surface area (TPSA) is 38.8 Å². The van der Waals surface area contributed by atoms with Crippen LogP contribution in [0.4, 0.5) is 4.79 Å².